The maximum Gasteiger partial charge on any atom is 0.419 e. The molecule has 0 radical (unpaired) electrons. The predicted molar refractivity (Wildman–Crippen MR) is 53.7 cm³/mol. The first-order valence-corrected chi connectivity index (χ1v) is 5.29. The summed E-state index contributed by atoms with van der Waals surface area (Å²) in [7, 11) is 0. The first kappa shape index (κ1) is 12.4. The van der Waals surface area contributed by atoms with Crippen LogP contribution >= 0.6 is 0 Å². The van der Waals surface area contributed by atoms with Gasteiger partial charge in [0.15, 0.2) is 0 Å². The van der Waals surface area contributed by atoms with Crippen LogP contribution in [0.5, 0.6) is 0 Å². The molecular weight excluding hydrogens is 236 g/mol. The average Bonchev–Trinajstić information content (AvgIpc) is 2.94. The van der Waals surface area contributed by atoms with Crippen LogP contribution in [0.3, 0.4) is 0 Å². The molecule has 1 atom stereocenters. The van der Waals surface area contributed by atoms with Crippen LogP contribution < -0.4 is 0 Å². The van der Waals surface area contributed by atoms with Crippen molar-refractivity contribution in [3.8, 4) is 0 Å². The minimum atomic E-state index is -4.70. The Bertz CT molecular complexity index is 435. The molecular formula is C12H12F4O. The Kier molecular flexibility index (Phi) is 2.69. The normalized spacial score (nSPS) is 20.1. The standard InChI is InChI=1S/C12H12F4O/c1-11(4-5-11)10(17)7-2-3-8(9(13)6-7)12(14,15)16/h2-3,6,10,17H,4-5H2,1H3. The first-order valence-electron chi connectivity index (χ1n) is 5.29. The van der Waals surface area contributed by atoms with Crippen molar-refractivity contribution in [3.63, 3.8) is 0 Å². The highest BCUT2D eigenvalue weighted by Crippen LogP contribution is 2.54. The van der Waals surface area contributed by atoms with Crippen LogP contribution in [0, 0.1) is 11.2 Å². The van der Waals surface area contributed by atoms with E-state index < -0.39 is 23.7 Å². The Morgan fingerprint density at radius 3 is 2.29 bits per heavy atom. The molecule has 94 valence electrons. The molecule has 0 saturated heterocycles. The van der Waals surface area contributed by atoms with E-state index in [1.54, 1.807) is 0 Å². The van der Waals surface area contributed by atoms with Gasteiger partial charge < -0.3 is 5.11 Å². The van der Waals surface area contributed by atoms with Gasteiger partial charge in [-0.15, -0.1) is 0 Å². The average molecular weight is 248 g/mol. The fourth-order valence-corrected chi connectivity index (χ4v) is 1.80. The zero-order valence-electron chi connectivity index (χ0n) is 9.18. The number of aliphatic hydroxyl groups excluding tert-OH is 1. The van der Waals surface area contributed by atoms with Gasteiger partial charge in [0.1, 0.15) is 5.82 Å². The molecule has 1 N–H and O–H groups in total. The lowest BCUT2D eigenvalue weighted by atomic mass is 9.94. The van der Waals surface area contributed by atoms with Gasteiger partial charge in [0, 0.05) is 0 Å². The predicted octanol–water partition coefficient (Wildman–Crippen LogP) is 3.68. The largest absolute Gasteiger partial charge is 0.419 e. The zero-order valence-corrected chi connectivity index (χ0v) is 9.18. The molecule has 1 fully saturated rings. The highest BCUT2D eigenvalue weighted by Gasteiger charge is 2.45. The van der Waals surface area contributed by atoms with Crippen LogP contribution in [-0.2, 0) is 6.18 Å². The van der Waals surface area contributed by atoms with Crippen molar-refractivity contribution in [2.24, 2.45) is 5.41 Å². The molecule has 1 unspecified atom stereocenters. The summed E-state index contributed by atoms with van der Waals surface area (Å²) in [5, 5.41) is 9.89. The van der Waals surface area contributed by atoms with Crippen molar-refractivity contribution >= 4 is 0 Å². The quantitative estimate of drug-likeness (QED) is 0.791. The molecule has 0 amide bonds. The second-order valence-electron chi connectivity index (χ2n) is 4.79. The van der Waals surface area contributed by atoms with Gasteiger partial charge in [0.2, 0.25) is 0 Å². The van der Waals surface area contributed by atoms with E-state index >= 15 is 0 Å². The smallest absolute Gasteiger partial charge is 0.388 e. The molecule has 1 aliphatic rings. The number of rotatable bonds is 2. The topological polar surface area (TPSA) is 20.2 Å². The second-order valence-corrected chi connectivity index (χ2v) is 4.79. The number of halogens is 4. The molecule has 0 heterocycles. The molecule has 1 aliphatic carbocycles. The summed E-state index contributed by atoms with van der Waals surface area (Å²) in [4.78, 5) is 0. The summed E-state index contributed by atoms with van der Waals surface area (Å²) >= 11 is 0. The minimum Gasteiger partial charge on any atom is -0.388 e. The third kappa shape index (κ3) is 2.29. The Morgan fingerprint density at radius 2 is 1.88 bits per heavy atom. The first-order chi connectivity index (χ1) is 7.74. The number of hydrogen-bond donors (Lipinski definition) is 1. The summed E-state index contributed by atoms with van der Waals surface area (Å²) < 4.78 is 50.3. The van der Waals surface area contributed by atoms with Gasteiger partial charge in [-0.2, -0.15) is 13.2 Å². The fourth-order valence-electron chi connectivity index (χ4n) is 1.80. The van der Waals surface area contributed by atoms with Gasteiger partial charge in [-0.05, 0) is 36.0 Å². The SMILES string of the molecule is CC1(C(O)c2ccc(C(F)(F)F)c(F)c2)CC1. The molecule has 1 saturated carbocycles. The summed E-state index contributed by atoms with van der Waals surface area (Å²) in [6, 6.07) is 2.59. The summed E-state index contributed by atoms with van der Waals surface area (Å²) in [5.41, 5.74) is -1.41. The molecule has 1 aromatic carbocycles. The van der Waals surface area contributed by atoms with Crippen LogP contribution in [0.15, 0.2) is 18.2 Å². The highest BCUT2D eigenvalue weighted by molar-refractivity contribution is 5.29. The van der Waals surface area contributed by atoms with Crippen LogP contribution in [-0.4, -0.2) is 5.11 Å². The lowest BCUT2D eigenvalue weighted by molar-refractivity contribution is -0.140. The van der Waals surface area contributed by atoms with Crippen molar-refractivity contribution < 1.29 is 22.7 Å². The Balaban J connectivity index is 2.31. The maximum atomic E-state index is 13.3. The highest BCUT2D eigenvalue weighted by atomic mass is 19.4. The lowest BCUT2D eigenvalue weighted by Gasteiger charge is -2.18. The Hall–Kier alpha value is -1.10. The van der Waals surface area contributed by atoms with Gasteiger partial charge >= 0.3 is 6.18 Å². The Labute approximate surface area is 96.1 Å². The van der Waals surface area contributed by atoms with E-state index in [0.29, 0.717) is 6.07 Å². The lowest BCUT2D eigenvalue weighted by Crippen LogP contribution is -2.12. The number of benzene rings is 1. The van der Waals surface area contributed by atoms with Crippen molar-refractivity contribution in [1.82, 2.24) is 0 Å². The van der Waals surface area contributed by atoms with Crippen molar-refractivity contribution in [1.29, 1.82) is 0 Å². The zero-order chi connectivity index (χ0) is 12.8. The molecule has 1 aromatic rings. The van der Waals surface area contributed by atoms with E-state index in [1.807, 2.05) is 6.92 Å². The van der Waals surface area contributed by atoms with Gasteiger partial charge in [0.05, 0.1) is 11.7 Å². The Morgan fingerprint density at radius 1 is 1.29 bits per heavy atom. The summed E-state index contributed by atoms with van der Waals surface area (Å²) in [6.07, 6.45) is -4.00. The van der Waals surface area contributed by atoms with Gasteiger partial charge in [-0.25, -0.2) is 4.39 Å². The third-order valence-corrected chi connectivity index (χ3v) is 3.31. The third-order valence-electron chi connectivity index (χ3n) is 3.31. The molecule has 0 aliphatic heterocycles. The molecule has 0 aromatic heterocycles. The van der Waals surface area contributed by atoms with Crippen molar-refractivity contribution in [3.05, 3.63) is 35.1 Å². The second kappa shape index (κ2) is 3.70. The van der Waals surface area contributed by atoms with E-state index in [1.165, 1.54) is 0 Å². The van der Waals surface area contributed by atoms with Crippen LogP contribution in [0.4, 0.5) is 17.6 Å². The number of hydrogen-bond acceptors (Lipinski definition) is 1. The molecule has 0 bridgehead atoms. The molecule has 2 rings (SSSR count). The minimum absolute atomic E-state index is 0.204. The van der Waals surface area contributed by atoms with E-state index in [2.05, 4.69) is 0 Å². The summed E-state index contributed by atoms with van der Waals surface area (Å²) in [5.74, 6) is -1.33. The van der Waals surface area contributed by atoms with E-state index in [4.69, 9.17) is 0 Å². The molecule has 17 heavy (non-hydrogen) atoms. The number of alkyl halides is 3. The van der Waals surface area contributed by atoms with Gasteiger partial charge in [0.25, 0.3) is 0 Å². The van der Waals surface area contributed by atoms with Gasteiger partial charge in [-0.3, -0.25) is 0 Å². The molecule has 1 nitrogen and oxygen atoms in total. The van der Waals surface area contributed by atoms with Crippen molar-refractivity contribution in [2.45, 2.75) is 32.0 Å². The van der Waals surface area contributed by atoms with E-state index in [0.717, 1.165) is 25.0 Å². The van der Waals surface area contributed by atoms with Crippen LogP contribution in [0.2, 0.25) is 0 Å². The molecule has 5 heteroatoms. The van der Waals surface area contributed by atoms with Crippen LogP contribution in [0.25, 0.3) is 0 Å². The van der Waals surface area contributed by atoms with Crippen molar-refractivity contribution in [2.75, 3.05) is 0 Å². The summed E-state index contributed by atoms with van der Waals surface area (Å²) in [6.45, 7) is 1.83. The van der Waals surface area contributed by atoms with E-state index in [9.17, 15) is 22.7 Å². The molecule has 0 spiro atoms. The fraction of sp³-hybridized carbons (Fsp3) is 0.500. The van der Waals surface area contributed by atoms with E-state index in [-0.39, 0.29) is 11.0 Å². The van der Waals surface area contributed by atoms with Crippen LogP contribution in [0.1, 0.15) is 37.0 Å². The van der Waals surface area contributed by atoms with Gasteiger partial charge in [-0.1, -0.05) is 13.0 Å². The monoisotopic (exact) mass is 248 g/mol. The number of aliphatic hydroxyl groups is 1. The maximum absolute atomic E-state index is 13.3.